The number of nitrogens with one attached hydrogen (secondary N) is 1. The van der Waals surface area contributed by atoms with Gasteiger partial charge in [-0.3, -0.25) is 9.89 Å². The Balaban J connectivity index is 0.00000264. The predicted molar refractivity (Wildman–Crippen MR) is 110 cm³/mol. The molecule has 1 atom stereocenters. The summed E-state index contributed by atoms with van der Waals surface area (Å²) in [7, 11) is 4.12. The molecule has 0 aromatic rings. The summed E-state index contributed by atoms with van der Waals surface area (Å²) in [6.45, 7) is 10.4. The van der Waals surface area contributed by atoms with Gasteiger partial charge >= 0.3 is 0 Å². The number of halogens is 1. The number of hydrogen-bond acceptors (Lipinski definition) is 3. The van der Waals surface area contributed by atoms with Gasteiger partial charge in [0.25, 0.3) is 0 Å². The predicted octanol–water partition coefficient (Wildman–Crippen LogP) is 2.08. The molecule has 136 valence electrons. The summed E-state index contributed by atoms with van der Waals surface area (Å²) in [5.41, 5.74) is 0. The first-order valence-electron chi connectivity index (χ1n) is 9.12. The molecular formula is C17H36IN5. The topological polar surface area (TPSA) is 34.1 Å². The van der Waals surface area contributed by atoms with Crippen molar-refractivity contribution in [2.45, 2.75) is 45.1 Å². The molecule has 0 saturated carbocycles. The number of rotatable bonds is 7. The highest BCUT2D eigenvalue weighted by Crippen LogP contribution is 2.20. The first-order chi connectivity index (χ1) is 10.7. The van der Waals surface area contributed by atoms with Gasteiger partial charge in [-0.05, 0) is 52.4 Å². The van der Waals surface area contributed by atoms with E-state index < -0.39 is 0 Å². The van der Waals surface area contributed by atoms with E-state index in [4.69, 9.17) is 0 Å². The van der Waals surface area contributed by atoms with Crippen LogP contribution < -0.4 is 5.32 Å². The maximum Gasteiger partial charge on any atom is 0.193 e. The fraction of sp³-hybridized carbons (Fsp3) is 0.941. The number of aliphatic imine (C=N–C) groups is 1. The van der Waals surface area contributed by atoms with E-state index >= 15 is 0 Å². The lowest BCUT2D eigenvalue weighted by Crippen LogP contribution is -2.44. The SMILES string of the molecule is CCCCN(C)CCNC(=NC)N1CCC(N2CCCC2)C1.I. The minimum Gasteiger partial charge on any atom is -0.355 e. The third-order valence-corrected chi connectivity index (χ3v) is 5.00. The molecule has 2 aliphatic rings. The zero-order valence-corrected chi connectivity index (χ0v) is 17.6. The van der Waals surface area contributed by atoms with Crippen LogP contribution in [0, 0.1) is 0 Å². The van der Waals surface area contributed by atoms with E-state index in [-0.39, 0.29) is 24.0 Å². The van der Waals surface area contributed by atoms with E-state index in [1.54, 1.807) is 0 Å². The Bertz CT molecular complexity index is 344. The van der Waals surface area contributed by atoms with Crippen molar-refractivity contribution in [2.24, 2.45) is 4.99 Å². The van der Waals surface area contributed by atoms with Crippen LogP contribution in [0.4, 0.5) is 0 Å². The molecule has 1 N–H and O–H groups in total. The molecule has 2 saturated heterocycles. The molecule has 0 aromatic carbocycles. The van der Waals surface area contributed by atoms with Gasteiger partial charge in [0.15, 0.2) is 5.96 Å². The van der Waals surface area contributed by atoms with Gasteiger partial charge in [-0.1, -0.05) is 13.3 Å². The highest BCUT2D eigenvalue weighted by Gasteiger charge is 2.30. The summed E-state index contributed by atoms with van der Waals surface area (Å²) in [4.78, 5) is 12.0. The molecule has 0 radical (unpaired) electrons. The lowest BCUT2D eigenvalue weighted by molar-refractivity contribution is 0.249. The second kappa shape index (κ2) is 11.5. The van der Waals surface area contributed by atoms with E-state index in [2.05, 4.69) is 39.0 Å². The van der Waals surface area contributed by atoms with Crippen LogP contribution in [-0.2, 0) is 0 Å². The van der Waals surface area contributed by atoms with E-state index in [0.717, 1.165) is 38.2 Å². The second-order valence-electron chi connectivity index (χ2n) is 6.76. The highest BCUT2D eigenvalue weighted by atomic mass is 127. The van der Waals surface area contributed by atoms with Gasteiger partial charge in [0, 0.05) is 39.3 Å². The summed E-state index contributed by atoms with van der Waals surface area (Å²) in [6.07, 6.45) is 6.61. The Morgan fingerprint density at radius 3 is 2.61 bits per heavy atom. The van der Waals surface area contributed by atoms with Gasteiger partial charge in [0.1, 0.15) is 0 Å². The Labute approximate surface area is 159 Å². The van der Waals surface area contributed by atoms with Crippen LogP contribution in [0.15, 0.2) is 4.99 Å². The monoisotopic (exact) mass is 437 g/mol. The standard InChI is InChI=1S/C17H35N5.HI/c1-4-5-10-20(3)14-9-19-17(18-2)22-13-8-16(15-22)21-11-6-7-12-21;/h16H,4-15H2,1-3H3,(H,18,19);1H. The summed E-state index contributed by atoms with van der Waals surface area (Å²) in [5, 5.41) is 3.55. The number of hydrogen-bond donors (Lipinski definition) is 1. The maximum atomic E-state index is 4.48. The van der Waals surface area contributed by atoms with Gasteiger partial charge in [0.05, 0.1) is 0 Å². The fourth-order valence-electron chi connectivity index (χ4n) is 3.57. The van der Waals surface area contributed by atoms with Gasteiger partial charge in [-0.25, -0.2) is 0 Å². The molecular weight excluding hydrogens is 401 g/mol. The average molecular weight is 437 g/mol. The van der Waals surface area contributed by atoms with Crippen LogP contribution in [0.25, 0.3) is 0 Å². The Hall–Kier alpha value is -0.0800. The lowest BCUT2D eigenvalue weighted by atomic mass is 10.2. The molecule has 23 heavy (non-hydrogen) atoms. The quantitative estimate of drug-likeness (QED) is 0.376. The Morgan fingerprint density at radius 1 is 1.22 bits per heavy atom. The van der Waals surface area contributed by atoms with Gasteiger partial charge in [0.2, 0.25) is 0 Å². The largest absolute Gasteiger partial charge is 0.355 e. The molecule has 0 bridgehead atoms. The molecule has 2 aliphatic heterocycles. The Kier molecular flexibility index (Phi) is 10.5. The van der Waals surface area contributed by atoms with Crippen molar-refractivity contribution in [1.82, 2.24) is 20.0 Å². The zero-order valence-electron chi connectivity index (χ0n) is 15.3. The van der Waals surface area contributed by atoms with Crippen molar-refractivity contribution in [2.75, 3.05) is 59.9 Å². The summed E-state index contributed by atoms with van der Waals surface area (Å²) in [6, 6.07) is 0.744. The van der Waals surface area contributed by atoms with E-state index in [1.807, 2.05) is 7.05 Å². The van der Waals surface area contributed by atoms with Crippen molar-refractivity contribution in [1.29, 1.82) is 0 Å². The van der Waals surface area contributed by atoms with Crippen LogP contribution in [0.2, 0.25) is 0 Å². The summed E-state index contributed by atoms with van der Waals surface area (Å²) in [5.74, 6) is 1.09. The van der Waals surface area contributed by atoms with E-state index in [9.17, 15) is 0 Å². The number of likely N-dealkylation sites (tertiary alicyclic amines) is 2. The number of unbranched alkanes of at least 4 members (excludes halogenated alkanes) is 1. The molecule has 5 nitrogen and oxygen atoms in total. The smallest absolute Gasteiger partial charge is 0.193 e. The van der Waals surface area contributed by atoms with Crippen LogP contribution in [0.3, 0.4) is 0 Å². The molecule has 1 unspecified atom stereocenters. The zero-order chi connectivity index (χ0) is 15.8. The number of likely N-dealkylation sites (N-methyl/N-ethyl adjacent to an activating group) is 1. The third-order valence-electron chi connectivity index (χ3n) is 5.00. The molecule has 0 amide bonds. The minimum atomic E-state index is 0. The van der Waals surface area contributed by atoms with Crippen molar-refractivity contribution in [3.8, 4) is 0 Å². The van der Waals surface area contributed by atoms with Crippen molar-refractivity contribution < 1.29 is 0 Å². The second-order valence-corrected chi connectivity index (χ2v) is 6.76. The first kappa shape index (κ1) is 21.0. The molecule has 6 heteroatoms. The molecule has 2 heterocycles. The lowest BCUT2D eigenvalue weighted by Gasteiger charge is -2.26. The van der Waals surface area contributed by atoms with Crippen molar-refractivity contribution in [3.63, 3.8) is 0 Å². The summed E-state index contributed by atoms with van der Waals surface area (Å²) >= 11 is 0. The average Bonchev–Trinajstić information content (AvgIpc) is 3.19. The highest BCUT2D eigenvalue weighted by molar-refractivity contribution is 14.0. The van der Waals surface area contributed by atoms with Gasteiger partial charge < -0.3 is 15.1 Å². The summed E-state index contributed by atoms with van der Waals surface area (Å²) < 4.78 is 0. The third kappa shape index (κ3) is 6.74. The number of guanidine groups is 1. The molecule has 0 aliphatic carbocycles. The van der Waals surface area contributed by atoms with Crippen LogP contribution >= 0.6 is 24.0 Å². The van der Waals surface area contributed by atoms with E-state index in [1.165, 1.54) is 51.7 Å². The Morgan fingerprint density at radius 2 is 1.96 bits per heavy atom. The normalized spacial score (nSPS) is 22.7. The number of nitrogens with zero attached hydrogens (tertiary/aromatic N) is 4. The van der Waals surface area contributed by atoms with Crippen LogP contribution in [0.1, 0.15) is 39.0 Å². The van der Waals surface area contributed by atoms with Gasteiger partial charge in [-0.15, -0.1) is 24.0 Å². The fourth-order valence-corrected chi connectivity index (χ4v) is 3.57. The molecule has 2 rings (SSSR count). The molecule has 0 aromatic heterocycles. The molecule has 2 fully saturated rings. The first-order valence-corrected chi connectivity index (χ1v) is 9.12. The van der Waals surface area contributed by atoms with Crippen molar-refractivity contribution in [3.05, 3.63) is 0 Å². The van der Waals surface area contributed by atoms with E-state index in [0.29, 0.717) is 0 Å². The van der Waals surface area contributed by atoms with Crippen LogP contribution in [-0.4, -0.2) is 86.6 Å². The van der Waals surface area contributed by atoms with Crippen molar-refractivity contribution >= 4 is 29.9 Å². The maximum absolute atomic E-state index is 4.48. The minimum absolute atomic E-state index is 0. The molecule has 0 spiro atoms. The van der Waals surface area contributed by atoms with Gasteiger partial charge in [-0.2, -0.15) is 0 Å². The van der Waals surface area contributed by atoms with Crippen LogP contribution in [0.5, 0.6) is 0 Å².